The van der Waals surface area contributed by atoms with E-state index in [1.807, 2.05) is 6.07 Å². The number of aliphatic imine (C=N–C) groups is 1. The Kier molecular flexibility index (Phi) is 11.0. The van der Waals surface area contributed by atoms with Gasteiger partial charge in [0.2, 0.25) is 0 Å². The van der Waals surface area contributed by atoms with Gasteiger partial charge in [-0.3, -0.25) is 9.79 Å². The number of para-hydroxylation sites is 1. The predicted molar refractivity (Wildman–Crippen MR) is 121 cm³/mol. The number of methoxy groups -OCH3 is 1. The fourth-order valence-electron chi connectivity index (χ4n) is 2.90. The third kappa shape index (κ3) is 7.30. The minimum atomic E-state index is -0.152. The molecule has 26 heavy (non-hydrogen) atoms. The van der Waals surface area contributed by atoms with Crippen molar-refractivity contribution in [2.45, 2.75) is 31.7 Å². The first-order valence-corrected chi connectivity index (χ1v) is 9.46. The van der Waals surface area contributed by atoms with E-state index < -0.39 is 0 Å². The normalized spacial score (nSPS) is 16.8. The van der Waals surface area contributed by atoms with Crippen LogP contribution in [0.4, 0.5) is 5.69 Å². The number of rotatable bonds is 7. The Morgan fingerprint density at radius 2 is 2.15 bits per heavy atom. The third-order valence-electron chi connectivity index (χ3n) is 4.27. The van der Waals surface area contributed by atoms with Gasteiger partial charge in [-0.05, 0) is 47.3 Å². The highest BCUT2D eigenvalue weighted by Crippen LogP contribution is 2.28. The monoisotopic (exact) mass is 538 g/mol. The predicted octanol–water partition coefficient (Wildman–Crippen LogP) is 3.15. The summed E-state index contributed by atoms with van der Waals surface area (Å²) in [6.45, 7) is 2.76. The third-order valence-corrected chi connectivity index (χ3v) is 4.94. The van der Waals surface area contributed by atoms with Crippen LogP contribution < -0.4 is 15.5 Å². The average Bonchev–Trinajstić information content (AvgIpc) is 3.08. The maximum absolute atomic E-state index is 11.1. The first-order valence-electron chi connectivity index (χ1n) is 8.67. The van der Waals surface area contributed by atoms with Gasteiger partial charge in [-0.2, -0.15) is 0 Å². The van der Waals surface area contributed by atoms with Crippen molar-refractivity contribution in [3.63, 3.8) is 0 Å². The van der Waals surface area contributed by atoms with Crippen molar-refractivity contribution in [3.8, 4) is 0 Å². The molecule has 1 saturated heterocycles. The molecule has 0 radical (unpaired) electrons. The standard InChI is InChI=1S/C18H27BrN4O2.HI/c1-20-18(21-11-6-5-9-17(24)25-2)22-14-10-12-23(13-14)16-8-4-3-7-15(16)19;/h3-4,7-8,14H,5-6,9-13H2,1-2H3,(H2,20,21,22);1H. The average molecular weight is 539 g/mol. The van der Waals surface area contributed by atoms with Gasteiger partial charge in [0.1, 0.15) is 0 Å². The second-order valence-corrected chi connectivity index (χ2v) is 6.91. The van der Waals surface area contributed by atoms with Gasteiger partial charge in [-0.15, -0.1) is 24.0 Å². The molecule has 2 N–H and O–H groups in total. The number of halogens is 2. The molecule has 0 spiro atoms. The smallest absolute Gasteiger partial charge is 0.305 e. The van der Waals surface area contributed by atoms with Crippen LogP contribution in [0.3, 0.4) is 0 Å². The number of unbranched alkanes of at least 4 members (excludes halogenated alkanes) is 1. The van der Waals surface area contributed by atoms with Gasteiger partial charge < -0.3 is 20.3 Å². The van der Waals surface area contributed by atoms with Crippen molar-refractivity contribution >= 4 is 57.5 Å². The number of carbonyl (C=O) groups excluding carboxylic acids is 1. The summed E-state index contributed by atoms with van der Waals surface area (Å²) >= 11 is 3.62. The number of guanidine groups is 1. The quantitative estimate of drug-likeness (QED) is 0.183. The lowest BCUT2D eigenvalue weighted by atomic mass is 10.2. The second-order valence-electron chi connectivity index (χ2n) is 6.06. The Morgan fingerprint density at radius 3 is 2.85 bits per heavy atom. The molecule has 2 rings (SSSR count). The number of benzene rings is 1. The summed E-state index contributed by atoms with van der Waals surface area (Å²) in [5.74, 6) is 0.665. The van der Waals surface area contributed by atoms with E-state index in [2.05, 4.69) is 59.4 Å². The van der Waals surface area contributed by atoms with Gasteiger partial charge in [0.25, 0.3) is 0 Å². The number of anilines is 1. The molecule has 0 bridgehead atoms. The van der Waals surface area contributed by atoms with Crippen LogP contribution >= 0.6 is 39.9 Å². The maximum atomic E-state index is 11.1. The number of nitrogens with one attached hydrogen (secondary N) is 2. The zero-order chi connectivity index (χ0) is 18.1. The van der Waals surface area contributed by atoms with Gasteiger partial charge in [-0.25, -0.2) is 0 Å². The zero-order valence-corrected chi connectivity index (χ0v) is 19.2. The van der Waals surface area contributed by atoms with E-state index in [1.165, 1.54) is 12.8 Å². The molecule has 0 saturated carbocycles. The Morgan fingerprint density at radius 1 is 1.38 bits per heavy atom. The number of ether oxygens (including phenoxy) is 1. The van der Waals surface area contributed by atoms with Gasteiger partial charge >= 0.3 is 5.97 Å². The first-order chi connectivity index (χ1) is 12.1. The van der Waals surface area contributed by atoms with E-state index >= 15 is 0 Å². The van der Waals surface area contributed by atoms with Crippen LogP contribution in [0.1, 0.15) is 25.7 Å². The molecule has 6 nitrogen and oxygen atoms in total. The second kappa shape index (κ2) is 12.4. The Labute approximate surface area is 181 Å². The van der Waals surface area contributed by atoms with Crippen LogP contribution in [0.2, 0.25) is 0 Å². The number of hydrogen-bond donors (Lipinski definition) is 2. The Balaban J connectivity index is 0.00000338. The minimum absolute atomic E-state index is 0. The first kappa shape index (κ1) is 23.0. The highest BCUT2D eigenvalue weighted by atomic mass is 127. The summed E-state index contributed by atoms with van der Waals surface area (Å²) < 4.78 is 5.77. The molecule has 1 atom stereocenters. The van der Waals surface area contributed by atoms with Crippen LogP contribution in [-0.2, 0) is 9.53 Å². The molecule has 146 valence electrons. The number of esters is 1. The molecule has 0 aromatic heterocycles. The molecular weight excluding hydrogens is 511 g/mol. The van der Waals surface area contributed by atoms with Crippen molar-refractivity contribution in [1.29, 1.82) is 0 Å². The van der Waals surface area contributed by atoms with Gasteiger partial charge in [0, 0.05) is 43.6 Å². The molecule has 1 fully saturated rings. The molecular formula is C18H28BrIN4O2. The lowest BCUT2D eigenvalue weighted by Crippen LogP contribution is -2.44. The fraction of sp³-hybridized carbons (Fsp3) is 0.556. The summed E-state index contributed by atoms with van der Waals surface area (Å²) in [5, 5.41) is 6.80. The molecule has 0 amide bonds. The van der Waals surface area contributed by atoms with Crippen molar-refractivity contribution in [1.82, 2.24) is 10.6 Å². The lowest BCUT2D eigenvalue weighted by Gasteiger charge is -2.21. The van der Waals surface area contributed by atoms with E-state index in [4.69, 9.17) is 0 Å². The number of nitrogens with zero attached hydrogens (tertiary/aromatic N) is 2. The number of carbonyl (C=O) groups is 1. The SMILES string of the molecule is CN=C(NCCCCC(=O)OC)NC1CCN(c2ccccc2Br)C1.I. The molecule has 0 aliphatic carbocycles. The van der Waals surface area contributed by atoms with E-state index in [-0.39, 0.29) is 29.9 Å². The van der Waals surface area contributed by atoms with Crippen molar-refractivity contribution in [2.24, 2.45) is 4.99 Å². The largest absolute Gasteiger partial charge is 0.469 e. The van der Waals surface area contributed by atoms with E-state index in [9.17, 15) is 4.79 Å². The molecule has 1 unspecified atom stereocenters. The molecule has 1 heterocycles. The van der Waals surface area contributed by atoms with Crippen LogP contribution in [0.15, 0.2) is 33.7 Å². The lowest BCUT2D eigenvalue weighted by molar-refractivity contribution is -0.140. The summed E-state index contributed by atoms with van der Waals surface area (Å²) in [4.78, 5) is 17.8. The van der Waals surface area contributed by atoms with Gasteiger partial charge in [-0.1, -0.05) is 12.1 Å². The summed E-state index contributed by atoms with van der Waals surface area (Å²) in [6, 6.07) is 8.68. The van der Waals surface area contributed by atoms with Crippen molar-refractivity contribution in [3.05, 3.63) is 28.7 Å². The van der Waals surface area contributed by atoms with Crippen molar-refractivity contribution < 1.29 is 9.53 Å². The topological polar surface area (TPSA) is 66.0 Å². The van der Waals surface area contributed by atoms with Crippen LogP contribution in [0.5, 0.6) is 0 Å². The molecule has 8 heteroatoms. The summed E-state index contributed by atoms with van der Waals surface area (Å²) in [5.41, 5.74) is 1.23. The van der Waals surface area contributed by atoms with E-state index in [1.54, 1.807) is 7.05 Å². The maximum Gasteiger partial charge on any atom is 0.305 e. The Bertz CT molecular complexity index is 600. The Hall–Kier alpha value is -1.03. The molecule has 1 aromatic rings. The van der Waals surface area contributed by atoms with E-state index in [0.29, 0.717) is 12.5 Å². The molecule has 1 aromatic carbocycles. The zero-order valence-electron chi connectivity index (χ0n) is 15.3. The summed E-state index contributed by atoms with van der Waals surface area (Å²) in [6.07, 6.45) is 3.26. The van der Waals surface area contributed by atoms with Crippen LogP contribution in [0, 0.1) is 0 Å². The number of hydrogen-bond acceptors (Lipinski definition) is 4. The van der Waals surface area contributed by atoms with Crippen LogP contribution in [0.25, 0.3) is 0 Å². The van der Waals surface area contributed by atoms with Gasteiger partial charge in [0.05, 0.1) is 12.8 Å². The van der Waals surface area contributed by atoms with E-state index in [0.717, 1.165) is 49.3 Å². The highest BCUT2D eigenvalue weighted by Gasteiger charge is 2.24. The summed E-state index contributed by atoms with van der Waals surface area (Å²) in [7, 11) is 3.20. The highest BCUT2D eigenvalue weighted by molar-refractivity contribution is 14.0. The molecule has 1 aliphatic heterocycles. The molecule has 1 aliphatic rings. The van der Waals surface area contributed by atoms with Crippen molar-refractivity contribution in [2.75, 3.05) is 38.7 Å². The minimum Gasteiger partial charge on any atom is -0.469 e. The van der Waals surface area contributed by atoms with Gasteiger partial charge in [0.15, 0.2) is 5.96 Å². The van der Waals surface area contributed by atoms with Crippen LogP contribution in [-0.4, -0.2) is 51.8 Å². The fourth-order valence-corrected chi connectivity index (χ4v) is 3.43.